The summed E-state index contributed by atoms with van der Waals surface area (Å²) in [5, 5.41) is 0. The van der Waals surface area contributed by atoms with Crippen LogP contribution in [-0.4, -0.2) is 43.9 Å². The lowest BCUT2D eigenvalue weighted by Crippen LogP contribution is -2.56. The molecule has 0 spiro atoms. The van der Waals surface area contributed by atoms with Crippen molar-refractivity contribution < 1.29 is 9.13 Å². The highest BCUT2D eigenvalue weighted by Crippen LogP contribution is 2.44. The maximum Gasteiger partial charge on any atom is 0.136 e. The van der Waals surface area contributed by atoms with Crippen molar-refractivity contribution in [3.8, 4) is 0 Å². The first-order valence-electron chi connectivity index (χ1n) is 4.55. The lowest BCUT2D eigenvalue weighted by atomic mass is 9.88. The molecular formula is C8H14BFN2O. The minimum absolute atomic E-state index is 0.292. The number of alkyl halides is 1. The summed E-state index contributed by atoms with van der Waals surface area (Å²) in [7, 11) is 7.49. The normalized spacial score (nSPS) is 51.2. The lowest BCUT2D eigenvalue weighted by molar-refractivity contribution is -0.0653. The van der Waals surface area contributed by atoms with Gasteiger partial charge in [0.15, 0.2) is 0 Å². The molecule has 2 N–H and O–H groups in total. The van der Waals surface area contributed by atoms with E-state index in [9.17, 15) is 4.39 Å². The molecule has 2 heterocycles. The third-order valence-electron chi connectivity index (χ3n) is 3.22. The molecule has 0 aromatic rings. The summed E-state index contributed by atoms with van der Waals surface area (Å²) < 4.78 is 18.3. The van der Waals surface area contributed by atoms with Crippen molar-refractivity contribution in [2.24, 2.45) is 5.73 Å². The molecule has 3 unspecified atom stereocenters. The highest BCUT2D eigenvalue weighted by molar-refractivity contribution is 6.14. The van der Waals surface area contributed by atoms with Gasteiger partial charge in [-0.3, -0.25) is 4.90 Å². The van der Waals surface area contributed by atoms with Crippen LogP contribution in [-0.2, 0) is 4.74 Å². The Bertz CT molecular complexity index is 226. The zero-order chi connectivity index (χ0) is 9.69. The quantitative estimate of drug-likeness (QED) is 0.580. The number of ether oxygens (including phenoxy) is 1. The molecular weight excluding hydrogens is 170 g/mol. The van der Waals surface area contributed by atoms with Crippen LogP contribution in [0, 0.1) is 0 Å². The van der Waals surface area contributed by atoms with E-state index in [2.05, 4.69) is 0 Å². The van der Waals surface area contributed by atoms with Crippen LogP contribution < -0.4 is 5.73 Å². The van der Waals surface area contributed by atoms with Gasteiger partial charge in [-0.1, -0.05) is 0 Å². The van der Waals surface area contributed by atoms with Gasteiger partial charge in [0.2, 0.25) is 0 Å². The molecule has 0 aliphatic carbocycles. The molecule has 0 aromatic heterocycles. The van der Waals surface area contributed by atoms with Crippen LogP contribution in [0.5, 0.6) is 0 Å². The van der Waals surface area contributed by atoms with Gasteiger partial charge in [-0.15, -0.1) is 0 Å². The van der Waals surface area contributed by atoms with Crippen LogP contribution >= 0.6 is 0 Å². The van der Waals surface area contributed by atoms with Crippen molar-refractivity contribution >= 4 is 7.85 Å². The number of nitrogens with zero attached hydrogens (tertiary/aromatic N) is 1. The Morgan fingerprint density at radius 2 is 2.31 bits per heavy atom. The van der Waals surface area contributed by atoms with Crippen molar-refractivity contribution in [2.45, 2.75) is 36.7 Å². The fourth-order valence-electron chi connectivity index (χ4n) is 2.45. The summed E-state index contributed by atoms with van der Waals surface area (Å²) in [4.78, 5) is 1.75. The molecule has 2 aliphatic rings. The molecule has 0 bridgehead atoms. The molecule has 2 fully saturated rings. The molecule has 2 radical (unpaired) electrons. The van der Waals surface area contributed by atoms with Gasteiger partial charge in [0.1, 0.15) is 14.0 Å². The minimum atomic E-state index is -0.872. The smallest absolute Gasteiger partial charge is 0.136 e. The van der Waals surface area contributed by atoms with E-state index in [0.29, 0.717) is 25.8 Å². The SMILES string of the molecule is [B]C1(OC)CCC2(N)CC(F)CN21. The summed E-state index contributed by atoms with van der Waals surface area (Å²) in [5.74, 6) is 0. The fourth-order valence-corrected chi connectivity index (χ4v) is 2.45. The first-order valence-corrected chi connectivity index (χ1v) is 4.55. The van der Waals surface area contributed by atoms with Gasteiger partial charge >= 0.3 is 0 Å². The van der Waals surface area contributed by atoms with E-state index >= 15 is 0 Å². The first-order chi connectivity index (χ1) is 6.00. The molecule has 5 heteroatoms. The number of halogens is 1. The zero-order valence-corrected chi connectivity index (χ0v) is 7.79. The van der Waals surface area contributed by atoms with E-state index in [0.717, 1.165) is 0 Å². The summed E-state index contributed by atoms with van der Waals surface area (Å²) in [6, 6.07) is 0. The molecule has 0 saturated carbocycles. The van der Waals surface area contributed by atoms with Crippen molar-refractivity contribution in [3.63, 3.8) is 0 Å². The predicted molar refractivity (Wildman–Crippen MR) is 47.9 cm³/mol. The molecule has 0 aromatic carbocycles. The maximum absolute atomic E-state index is 13.1. The lowest BCUT2D eigenvalue weighted by Gasteiger charge is -2.37. The Hall–Kier alpha value is -0.125. The van der Waals surface area contributed by atoms with Crippen molar-refractivity contribution in [1.29, 1.82) is 0 Å². The molecule has 2 aliphatic heterocycles. The topological polar surface area (TPSA) is 38.5 Å². The Balaban J connectivity index is 2.24. The average molecular weight is 184 g/mol. The molecule has 3 atom stereocenters. The van der Waals surface area contributed by atoms with Gasteiger partial charge in [-0.2, -0.15) is 0 Å². The number of fused-ring (bicyclic) bond motifs is 1. The molecule has 13 heavy (non-hydrogen) atoms. The number of hydrogen-bond acceptors (Lipinski definition) is 3. The average Bonchev–Trinajstić information content (AvgIpc) is 2.49. The number of rotatable bonds is 1. The number of nitrogens with two attached hydrogens (primary N) is 1. The Morgan fingerprint density at radius 1 is 1.62 bits per heavy atom. The second-order valence-electron chi connectivity index (χ2n) is 4.06. The molecule has 72 valence electrons. The number of hydrogen-bond donors (Lipinski definition) is 1. The Labute approximate surface area is 78.8 Å². The van der Waals surface area contributed by atoms with Crippen molar-refractivity contribution in [2.75, 3.05) is 13.7 Å². The second-order valence-corrected chi connectivity index (χ2v) is 4.06. The van der Waals surface area contributed by atoms with E-state index < -0.39 is 17.5 Å². The van der Waals surface area contributed by atoms with E-state index in [1.165, 1.54) is 7.11 Å². The Morgan fingerprint density at radius 3 is 2.92 bits per heavy atom. The van der Waals surface area contributed by atoms with Gasteiger partial charge < -0.3 is 10.5 Å². The van der Waals surface area contributed by atoms with Gasteiger partial charge in [0.25, 0.3) is 0 Å². The largest absolute Gasteiger partial charge is 0.373 e. The van der Waals surface area contributed by atoms with Crippen LogP contribution in [0.25, 0.3) is 0 Å². The van der Waals surface area contributed by atoms with Crippen molar-refractivity contribution in [3.05, 3.63) is 0 Å². The monoisotopic (exact) mass is 184 g/mol. The molecule has 3 nitrogen and oxygen atoms in total. The summed E-state index contributed by atoms with van der Waals surface area (Å²) >= 11 is 0. The van der Waals surface area contributed by atoms with Crippen LogP contribution in [0.3, 0.4) is 0 Å². The van der Waals surface area contributed by atoms with Gasteiger partial charge in [-0.05, 0) is 12.8 Å². The van der Waals surface area contributed by atoms with Crippen LogP contribution in [0.4, 0.5) is 4.39 Å². The standard InChI is InChI=1S/C8H14BFN2O/c1-13-8(9)3-2-7(11)4-6(10)5-12(7)8/h6H,2-5,11H2,1H3. The summed E-state index contributed by atoms with van der Waals surface area (Å²) in [6.07, 6.45) is 0.878. The van der Waals surface area contributed by atoms with Gasteiger partial charge in [-0.25, -0.2) is 4.39 Å². The first kappa shape index (κ1) is 9.43. The number of methoxy groups -OCH3 is 1. The summed E-state index contributed by atoms with van der Waals surface area (Å²) in [6.45, 7) is 0.292. The minimum Gasteiger partial charge on any atom is -0.373 e. The maximum atomic E-state index is 13.1. The summed E-state index contributed by atoms with van der Waals surface area (Å²) in [5.41, 5.74) is 4.60. The van der Waals surface area contributed by atoms with E-state index in [1.807, 2.05) is 0 Å². The molecule has 0 amide bonds. The van der Waals surface area contributed by atoms with Crippen LogP contribution in [0.2, 0.25) is 0 Å². The second kappa shape index (κ2) is 2.68. The third kappa shape index (κ3) is 1.21. The Kier molecular flexibility index (Phi) is 1.95. The van der Waals surface area contributed by atoms with Gasteiger partial charge in [0.05, 0.1) is 11.3 Å². The molecule has 2 rings (SSSR count). The molecule has 2 saturated heterocycles. The predicted octanol–water partition coefficient (Wildman–Crippen LogP) is -0.0523. The highest BCUT2D eigenvalue weighted by Gasteiger charge is 2.55. The van der Waals surface area contributed by atoms with Crippen LogP contribution in [0.1, 0.15) is 19.3 Å². The fraction of sp³-hybridized carbons (Fsp3) is 1.00. The van der Waals surface area contributed by atoms with Crippen molar-refractivity contribution in [1.82, 2.24) is 4.90 Å². The third-order valence-corrected chi connectivity index (χ3v) is 3.22. The van der Waals surface area contributed by atoms with E-state index in [1.54, 1.807) is 4.90 Å². The van der Waals surface area contributed by atoms with E-state index in [-0.39, 0.29) is 0 Å². The van der Waals surface area contributed by atoms with E-state index in [4.69, 9.17) is 18.3 Å². The zero-order valence-electron chi connectivity index (χ0n) is 7.79. The van der Waals surface area contributed by atoms with Crippen LogP contribution in [0.15, 0.2) is 0 Å². The highest BCUT2D eigenvalue weighted by atomic mass is 19.1. The van der Waals surface area contributed by atoms with Gasteiger partial charge in [0, 0.05) is 20.1 Å².